The Bertz CT molecular complexity index is 673. The summed E-state index contributed by atoms with van der Waals surface area (Å²) in [6.07, 6.45) is 4.35. The van der Waals surface area contributed by atoms with Crippen molar-refractivity contribution in [1.82, 2.24) is 15.6 Å². The molecule has 2 heterocycles. The molecule has 26 heavy (non-hydrogen) atoms. The molecule has 144 valence electrons. The van der Waals surface area contributed by atoms with E-state index < -0.39 is 0 Å². The number of nitrogens with one attached hydrogen (secondary N) is 2. The number of halogens is 2. The van der Waals surface area contributed by atoms with Gasteiger partial charge in [-0.2, -0.15) is 0 Å². The average Bonchev–Trinajstić information content (AvgIpc) is 2.97. The van der Waals surface area contributed by atoms with Gasteiger partial charge in [0, 0.05) is 13.0 Å². The van der Waals surface area contributed by atoms with Crippen LogP contribution in [0.5, 0.6) is 0 Å². The van der Waals surface area contributed by atoms with E-state index in [-0.39, 0.29) is 30.7 Å². The lowest BCUT2D eigenvalue weighted by Crippen LogP contribution is -2.33. The van der Waals surface area contributed by atoms with Gasteiger partial charge in [0.15, 0.2) is 0 Å². The summed E-state index contributed by atoms with van der Waals surface area (Å²) in [7, 11) is 0. The van der Waals surface area contributed by atoms with Gasteiger partial charge in [0.25, 0.3) is 5.91 Å². The van der Waals surface area contributed by atoms with Crippen molar-refractivity contribution in [3.05, 3.63) is 51.5 Å². The zero-order chi connectivity index (χ0) is 16.8. The van der Waals surface area contributed by atoms with Gasteiger partial charge in [-0.25, -0.2) is 4.98 Å². The summed E-state index contributed by atoms with van der Waals surface area (Å²) in [5.74, 6) is 0.711. The third kappa shape index (κ3) is 6.54. The van der Waals surface area contributed by atoms with Crippen LogP contribution < -0.4 is 10.6 Å². The first-order chi connectivity index (χ1) is 11.7. The van der Waals surface area contributed by atoms with E-state index in [4.69, 9.17) is 0 Å². The third-order valence-corrected chi connectivity index (χ3v) is 5.64. The normalized spacial score (nSPS) is 16.3. The molecule has 1 aliphatic rings. The second-order valence-corrected chi connectivity index (χ2v) is 7.53. The Hall–Kier alpha value is -1.14. The summed E-state index contributed by atoms with van der Waals surface area (Å²) < 4.78 is 0. The summed E-state index contributed by atoms with van der Waals surface area (Å²) in [5, 5.41) is 7.49. The zero-order valence-electron chi connectivity index (χ0n) is 15.0. The Morgan fingerprint density at radius 2 is 2.08 bits per heavy atom. The van der Waals surface area contributed by atoms with Crippen LogP contribution in [0, 0.1) is 12.8 Å². The highest BCUT2D eigenvalue weighted by Crippen LogP contribution is 2.21. The van der Waals surface area contributed by atoms with Crippen molar-refractivity contribution in [2.45, 2.75) is 32.6 Å². The van der Waals surface area contributed by atoms with Crippen molar-refractivity contribution >= 4 is 42.1 Å². The summed E-state index contributed by atoms with van der Waals surface area (Å²) in [6, 6.07) is 10.3. The molecule has 0 saturated carbocycles. The van der Waals surface area contributed by atoms with Crippen molar-refractivity contribution in [3.8, 4) is 0 Å². The zero-order valence-corrected chi connectivity index (χ0v) is 17.4. The van der Waals surface area contributed by atoms with Crippen LogP contribution >= 0.6 is 36.2 Å². The number of aryl methyl sites for hydroxylation is 1. The standard InChI is InChI=1S/C19H25N3OS.2ClH/c1-14-18(19(23)21-11-9-16-8-5-10-20-13-16)24-17(22-14)12-15-6-3-2-4-7-15;;/h2-4,6-7,16,20H,5,8-13H2,1H3,(H,21,23);2*1H. The summed E-state index contributed by atoms with van der Waals surface area (Å²) >= 11 is 1.51. The van der Waals surface area contributed by atoms with Crippen LogP contribution in [0.4, 0.5) is 0 Å². The molecule has 0 aliphatic carbocycles. The number of aromatic nitrogens is 1. The largest absolute Gasteiger partial charge is 0.351 e. The highest BCUT2D eigenvalue weighted by Gasteiger charge is 2.17. The van der Waals surface area contributed by atoms with Crippen molar-refractivity contribution < 1.29 is 4.79 Å². The number of hydrogen-bond acceptors (Lipinski definition) is 4. The van der Waals surface area contributed by atoms with Crippen molar-refractivity contribution in [3.63, 3.8) is 0 Å². The third-order valence-electron chi connectivity index (χ3n) is 4.48. The Morgan fingerprint density at radius 3 is 2.77 bits per heavy atom. The lowest BCUT2D eigenvalue weighted by atomic mass is 9.96. The summed E-state index contributed by atoms with van der Waals surface area (Å²) in [4.78, 5) is 17.7. The lowest BCUT2D eigenvalue weighted by molar-refractivity contribution is 0.0954. The molecule has 7 heteroatoms. The summed E-state index contributed by atoms with van der Waals surface area (Å²) in [5.41, 5.74) is 2.06. The maximum absolute atomic E-state index is 12.4. The van der Waals surface area contributed by atoms with Crippen LogP contribution in [-0.4, -0.2) is 30.5 Å². The van der Waals surface area contributed by atoms with Crippen LogP contribution in [-0.2, 0) is 6.42 Å². The van der Waals surface area contributed by atoms with Crippen molar-refractivity contribution in [1.29, 1.82) is 0 Å². The molecule has 3 rings (SSSR count). The number of rotatable bonds is 6. The topological polar surface area (TPSA) is 54.0 Å². The van der Waals surface area contributed by atoms with Gasteiger partial charge in [-0.3, -0.25) is 4.79 Å². The van der Waals surface area contributed by atoms with Crippen LogP contribution in [0.25, 0.3) is 0 Å². The lowest BCUT2D eigenvalue weighted by Gasteiger charge is -2.22. The molecule has 1 aromatic carbocycles. The van der Waals surface area contributed by atoms with Crippen LogP contribution in [0.1, 0.15) is 45.2 Å². The van der Waals surface area contributed by atoms with Crippen molar-refractivity contribution in [2.24, 2.45) is 5.92 Å². The number of benzene rings is 1. The number of carbonyl (C=O) groups excluding carboxylic acids is 1. The number of carbonyl (C=O) groups is 1. The van der Waals surface area contributed by atoms with Gasteiger partial charge in [-0.1, -0.05) is 30.3 Å². The van der Waals surface area contributed by atoms with Gasteiger partial charge >= 0.3 is 0 Å². The molecule has 1 aliphatic heterocycles. The monoisotopic (exact) mass is 415 g/mol. The first kappa shape index (κ1) is 22.9. The SMILES string of the molecule is Cc1nc(Cc2ccccc2)sc1C(=O)NCCC1CCCNC1.Cl.Cl. The van der Waals surface area contributed by atoms with Crippen LogP contribution in [0.2, 0.25) is 0 Å². The maximum Gasteiger partial charge on any atom is 0.263 e. The smallest absolute Gasteiger partial charge is 0.263 e. The molecule has 0 spiro atoms. The molecule has 1 fully saturated rings. The Balaban J connectivity index is 0.00000169. The highest BCUT2D eigenvalue weighted by molar-refractivity contribution is 7.13. The second-order valence-electron chi connectivity index (χ2n) is 6.44. The predicted octanol–water partition coefficient (Wildman–Crippen LogP) is 4.01. The van der Waals surface area contributed by atoms with Gasteiger partial charge < -0.3 is 10.6 Å². The van der Waals surface area contributed by atoms with E-state index in [9.17, 15) is 4.79 Å². The minimum absolute atomic E-state index is 0. The van der Waals surface area contributed by atoms with Gasteiger partial charge in [0.2, 0.25) is 0 Å². The molecule has 4 nitrogen and oxygen atoms in total. The van der Waals surface area contributed by atoms with E-state index in [1.165, 1.54) is 29.7 Å². The van der Waals surface area contributed by atoms with E-state index >= 15 is 0 Å². The molecule has 1 aromatic heterocycles. The van der Waals surface area contributed by atoms with Crippen molar-refractivity contribution in [2.75, 3.05) is 19.6 Å². The number of hydrogen-bond donors (Lipinski definition) is 2. The quantitative estimate of drug-likeness (QED) is 0.748. The average molecular weight is 416 g/mol. The number of nitrogens with zero attached hydrogens (tertiary/aromatic N) is 1. The number of thiazole rings is 1. The van der Waals surface area contributed by atoms with Gasteiger partial charge in [0.1, 0.15) is 4.88 Å². The first-order valence-corrected chi connectivity index (χ1v) is 9.53. The van der Waals surface area contributed by atoms with E-state index in [1.54, 1.807) is 0 Å². The molecule has 1 atom stereocenters. The fourth-order valence-corrected chi connectivity index (χ4v) is 4.16. The summed E-state index contributed by atoms with van der Waals surface area (Å²) in [6.45, 7) is 4.88. The molecule has 1 unspecified atom stereocenters. The number of piperidine rings is 1. The van der Waals surface area contributed by atoms with E-state index in [2.05, 4.69) is 27.8 Å². The maximum atomic E-state index is 12.4. The van der Waals surface area contributed by atoms with Gasteiger partial charge in [-0.15, -0.1) is 36.2 Å². The first-order valence-electron chi connectivity index (χ1n) is 8.71. The molecule has 0 bridgehead atoms. The van der Waals surface area contributed by atoms with E-state index in [0.29, 0.717) is 5.92 Å². The minimum Gasteiger partial charge on any atom is -0.351 e. The second kappa shape index (κ2) is 11.5. The fraction of sp³-hybridized carbons (Fsp3) is 0.474. The molecule has 1 amide bonds. The van der Waals surface area contributed by atoms with Gasteiger partial charge in [-0.05, 0) is 50.8 Å². The molecule has 2 aromatic rings. The van der Waals surface area contributed by atoms with E-state index in [1.807, 2.05) is 25.1 Å². The molecule has 1 saturated heterocycles. The molecular formula is C19H27Cl2N3OS. The van der Waals surface area contributed by atoms with Crippen LogP contribution in [0.15, 0.2) is 30.3 Å². The highest BCUT2D eigenvalue weighted by atomic mass is 35.5. The Morgan fingerprint density at radius 1 is 1.31 bits per heavy atom. The fourth-order valence-electron chi connectivity index (χ4n) is 3.15. The molecule has 0 radical (unpaired) electrons. The number of amides is 1. The Kier molecular flexibility index (Phi) is 10.2. The predicted molar refractivity (Wildman–Crippen MR) is 113 cm³/mol. The van der Waals surface area contributed by atoms with E-state index in [0.717, 1.165) is 48.1 Å². The Labute approximate surface area is 172 Å². The van der Waals surface area contributed by atoms with Crippen LogP contribution in [0.3, 0.4) is 0 Å². The molecule has 2 N–H and O–H groups in total. The molecular weight excluding hydrogens is 389 g/mol. The van der Waals surface area contributed by atoms with Gasteiger partial charge in [0.05, 0.1) is 10.7 Å². The minimum atomic E-state index is 0.